The minimum absolute atomic E-state index is 0.0531. The molecule has 1 saturated heterocycles. The number of rotatable bonds is 6. The van der Waals surface area contributed by atoms with Crippen molar-refractivity contribution in [1.29, 1.82) is 0 Å². The van der Waals surface area contributed by atoms with Crippen molar-refractivity contribution in [1.82, 2.24) is 24.4 Å². The lowest BCUT2D eigenvalue weighted by atomic mass is 9.98. The number of nitrogen functional groups attached to an aromatic ring is 1. The summed E-state index contributed by atoms with van der Waals surface area (Å²) in [4.78, 5) is 15.6. The Morgan fingerprint density at radius 2 is 1.89 bits per heavy atom. The molecular weight excluding hydrogens is 555 g/mol. The number of aromatic amines is 1. The van der Waals surface area contributed by atoms with Gasteiger partial charge in [-0.2, -0.15) is 22.5 Å². The number of piperazine rings is 1. The molecule has 38 heavy (non-hydrogen) atoms. The molecule has 0 unspecified atom stereocenters. The summed E-state index contributed by atoms with van der Waals surface area (Å²) in [5.74, 6) is -0.234. The first-order valence-corrected chi connectivity index (χ1v) is 12.6. The van der Waals surface area contributed by atoms with Crippen LogP contribution in [0.1, 0.15) is 5.56 Å². The van der Waals surface area contributed by atoms with Crippen LogP contribution < -0.4 is 15.8 Å². The van der Waals surface area contributed by atoms with Crippen molar-refractivity contribution < 1.29 is 36.2 Å². The molecule has 1 fully saturated rings. The molecular formula is C21H21ClF3N7O5S. The number of hydrogen-bond donors (Lipinski definition) is 4. The number of halogens is 4. The van der Waals surface area contributed by atoms with Crippen LogP contribution >= 0.6 is 11.6 Å². The van der Waals surface area contributed by atoms with Gasteiger partial charge in [-0.1, -0.05) is 17.7 Å². The maximum Gasteiger partial charge on any atom is 0.417 e. The Morgan fingerprint density at radius 1 is 1.21 bits per heavy atom. The summed E-state index contributed by atoms with van der Waals surface area (Å²) in [5.41, 5.74) is 3.65. The third-order valence-electron chi connectivity index (χ3n) is 5.73. The van der Waals surface area contributed by atoms with Gasteiger partial charge in [-0.05, 0) is 29.8 Å². The van der Waals surface area contributed by atoms with E-state index in [1.807, 2.05) is 0 Å². The van der Waals surface area contributed by atoms with E-state index in [-0.39, 0.29) is 65.0 Å². The van der Waals surface area contributed by atoms with E-state index in [0.29, 0.717) is 0 Å². The summed E-state index contributed by atoms with van der Waals surface area (Å²) in [6, 6.07) is 5.55. The number of nitrogens with one attached hydrogen (secondary N) is 2. The molecule has 3 aromatic rings. The second-order valence-corrected chi connectivity index (χ2v) is 10.4. The van der Waals surface area contributed by atoms with E-state index >= 15 is 0 Å². The minimum Gasteiger partial charge on any atom is -0.495 e. The van der Waals surface area contributed by atoms with Crippen molar-refractivity contribution in [2.75, 3.05) is 44.3 Å². The average molecular weight is 576 g/mol. The largest absolute Gasteiger partial charge is 0.495 e. The molecule has 0 bridgehead atoms. The number of H-pyrrole nitrogens is 1. The van der Waals surface area contributed by atoms with Gasteiger partial charge < -0.3 is 25.8 Å². The molecule has 1 aromatic heterocycles. The van der Waals surface area contributed by atoms with E-state index in [9.17, 15) is 26.4 Å². The van der Waals surface area contributed by atoms with E-state index < -0.39 is 33.4 Å². The molecule has 1 amide bonds. The molecule has 5 N–H and O–H groups in total. The number of alkyl halides is 3. The van der Waals surface area contributed by atoms with Crippen LogP contribution in [-0.4, -0.2) is 77.3 Å². The highest BCUT2D eigenvalue weighted by molar-refractivity contribution is 7.89. The maximum atomic E-state index is 14.2. The van der Waals surface area contributed by atoms with Gasteiger partial charge in [-0.3, -0.25) is 0 Å². The number of amides is 1. The average Bonchev–Trinajstić information content (AvgIpc) is 3.27. The second-order valence-electron chi connectivity index (χ2n) is 8.09. The van der Waals surface area contributed by atoms with Gasteiger partial charge in [-0.15, -0.1) is 5.10 Å². The molecule has 12 nitrogen and oxygen atoms in total. The van der Waals surface area contributed by atoms with Crippen molar-refractivity contribution in [3.63, 3.8) is 0 Å². The summed E-state index contributed by atoms with van der Waals surface area (Å²) < 4.78 is 75.6. The molecule has 4 rings (SSSR count). The van der Waals surface area contributed by atoms with E-state index in [0.717, 1.165) is 21.3 Å². The third-order valence-corrected chi connectivity index (χ3v) is 7.95. The highest BCUT2D eigenvalue weighted by Gasteiger charge is 2.37. The molecule has 204 valence electrons. The van der Waals surface area contributed by atoms with Crippen molar-refractivity contribution in [3.05, 3.63) is 40.9 Å². The van der Waals surface area contributed by atoms with Crippen LogP contribution in [0.3, 0.4) is 0 Å². The molecule has 0 spiro atoms. The number of carboxylic acid groups (broad SMARTS) is 1. The zero-order valence-corrected chi connectivity index (χ0v) is 21.2. The van der Waals surface area contributed by atoms with Crippen molar-refractivity contribution in [2.24, 2.45) is 0 Å². The Morgan fingerprint density at radius 3 is 2.45 bits per heavy atom. The molecule has 2 heterocycles. The van der Waals surface area contributed by atoms with E-state index in [1.165, 1.54) is 25.3 Å². The summed E-state index contributed by atoms with van der Waals surface area (Å²) in [6.07, 6.45) is -6.05. The van der Waals surface area contributed by atoms with Gasteiger partial charge in [-0.25, -0.2) is 18.3 Å². The molecule has 0 radical (unpaired) electrons. The highest BCUT2D eigenvalue weighted by atomic mass is 35.5. The Bertz CT molecular complexity index is 1470. The standard InChI is InChI=1S/C21H21ClF3N7O5S/c1-37-15-3-2-11(8-16(15)38(35,36)32-6-4-31(5-7-32)20(33)34)17-13(21(23,24)25)9-12(10-14(17)22)27-19-28-18(26)29-30-19/h2-3,8-10H,4-7H2,1H3,(H,33,34)(H4,26,27,28,29,30). The minimum atomic E-state index is -4.87. The first-order valence-electron chi connectivity index (χ1n) is 10.8. The lowest BCUT2D eigenvalue weighted by Crippen LogP contribution is -2.50. The summed E-state index contributed by atoms with van der Waals surface area (Å²) in [5, 5.41) is 17.4. The number of sulfonamides is 1. The van der Waals surface area contributed by atoms with Gasteiger partial charge in [0, 0.05) is 37.4 Å². The fourth-order valence-electron chi connectivity index (χ4n) is 3.95. The quantitative estimate of drug-likeness (QED) is 0.344. The summed E-state index contributed by atoms with van der Waals surface area (Å²) >= 11 is 6.32. The molecule has 0 atom stereocenters. The molecule has 0 aliphatic carbocycles. The van der Waals surface area contributed by atoms with Crippen molar-refractivity contribution in [2.45, 2.75) is 11.1 Å². The SMILES string of the molecule is COc1ccc(-c2c(Cl)cc(Nc3n[nH]c(N)n3)cc2C(F)(F)F)cc1S(=O)(=O)N1CCN(C(=O)O)CC1. The number of aromatic nitrogens is 3. The molecule has 1 aliphatic rings. The normalized spacial score (nSPS) is 14.9. The van der Waals surface area contributed by atoms with Crippen LogP contribution in [0.25, 0.3) is 11.1 Å². The molecule has 1 aliphatic heterocycles. The van der Waals surface area contributed by atoms with Gasteiger partial charge >= 0.3 is 12.3 Å². The number of hydrogen-bond acceptors (Lipinski definition) is 8. The number of methoxy groups -OCH3 is 1. The summed E-state index contributed by atoms with van der Waals surface area (Å²) in [6.45, 7) is -0.400. The van der Waals surface area contributed by atoms with Crippen LogP contribution in [-0.2, 0) is 16.2 Å². The Hall–Kier alpha value is -3.76. The van der Waals surface area contributed by atoms with Gasteiger partial charge in [0.2, 0.25) is 21.9 Å². The first kappa shape index (κ1) is 27.3. The zero-order valence-electron chi connectivity index (χ0n) is 19.6. The van der Waals surface area contributed by atoms with Crippen LogP contribution in [0.5, 0.6) is 5.75 Å². The molecule has 2 aromatic carbocycles. The van der Waals surface area contributed by atoms with Crippen LogP contribution in [0.4, 0.5) is 35.5 Å². The van der Waals surface area contributed by atoms with Crippen LogP contribution in [0.2, 0.25) is 5.02 Å². The number of nitrogens with zero attached hydrogens (tertiary/aromatic N) is 4. The second kappa shape index (κ2) is 10.2. The highest BCUT2D eigenvalue weighted by Crippen LogP contribution is 2.44. The number of ether oxygens (including phenoxy) is 1. The molecule has 0 saturated carbocycles. The Balaban J connectivity index is 1.78. The van der Waals surface area contributed by atoms with Gasteiger partial charge in [0.15, 0.2) is 0 Å². The predicted molar refractivity (Wildman–Crippen MR) is 131 cm³/mol. The smallest absolute Gasteiger partial charge is 0.417 e. The van der Waals surface area contributed by atoms with Gasteiger partial charge in [0.25, 0.3) is 0 Å². The Kier molecular flexibility index (Phi) is 7.31. The van der Waals surface area contributed by atoms with Crippen LogP contribution in [0, 0.1) is 0 Å². The maximum absolute atomic E-state index is 14.2. The van der Waals surface area contributed by atoms with Gasteiger partial charge in [0.1, 0.15) is 10.6 Å². The van der Waals surface area contributed by atoms with E-state index in [2.05, 4.69) is 20.5 Å². The third kappa shape index (κ3) is 5.41. The fraction of sp³-hybridized carbons (Fsp3) is 0.286. The monoisotopic (exact) mass is 575 g/mol. The van der Waals surface area contributed by atoms with E-state index in [1.54, 1.807) is 0 Å². The van der Waals surface area contributed by atoms with Crippen molar-refractivity contribution in [3.8, 4) is 16.9 Å². The summed E-state index contributed by atoms with van der Waals surface area (Å²) in [7, 11) is -3.05. The topological polar surface area (TPSA) is 167 Å². The predicted octanol–water partition coefficient (Wildman–Crippen LogP) is 3.46. The number of anilines is 3. The van der Waals surface area contributed by atoms with Crippen molar-refractivity contribution >= 4 is 45.3 Å². The first-order chi connectivity index (χ1) is 17.8. The van der Waals surface area contributed by atoms with Gasteiger partial charge in [0.05, 0.1) is 17.7 Å². The number of benzene rings is 2. The molecule has 17 heteroatoms. The lowest BCUT2D eigenvalue weighted by Gasteiger charge is -2.32. The number of carbonyl (C=O) groups is 1. The van der Waals surface area contributed by atoms with E-state index in [4.69, 9.17) is 27.2 Å². The number of nitrogens with two attached hydrogens (primary N) is 1. The lowest BCUT2D eigenvalue weighted by molar-refractivity contribution is -0.137. The zero-order chi connectivity index (χ0) is 27.8. The fourth-order valence-corrected chi connectivity index (χ4v) is 5.88. The Labute approximate surface area is 219 Å². The van der Waals surface area contributed by atoms with Crippen LogP contribution in [0.15, 0.2) is 35.2 Å².